The summed E-state index contributed by atoms with van der Waals surface area (Å²) in [6.45, 7) is 3.78. The van der Waals surface area contributed by atoms with Gasteiger partial charge in [0.1, 0.15) is 11.2 Å². The lowest BCUT2D eigenvalue weighted by Crippen LogP contribution is -2.29. The van der Waals surface area contributed by atoms with Crippen molar-refractivity contribution in [1.82, 2.24) is 14.5 Å². The summed E-state index contributed by atoms with van der Waals surface area (Å²) in [7, 11) is 1.39. The van der Waals surface area contributed by atoms with Gasteiger partial charge in [0.2, 0.25) is 0 Å². The predicted octanol–water partition coefficient (Wildman–Crippen LogP) is 4.93. The van der Waals surface area contributed by atoms with Crippen molar-refractivity contribution in [3.05, 3.63) is 51.3 Å². The van der Waals surface area contributed by atoms with Crippen LogP contribution >= 0.6 is 11.6 Å². The van der Waals surface area contributed by atoms with Gasteiger partial charge in [0.15, 0.2) is 17.2 Å². The predicted molar refractivity (Wildman–Crippen MR) is 108 cm³/mol. The van der Waals surface area contributed by atoms with Crippen molar-refractivity contribution >= 4 is 22.8 Å². The molecule has 1 atom stereocenters. The fourth-order valence-electron chi connectivity index (χ4n) is 3.84. The summed E-state index contributed by atoms with van der Waals surface area (Å²) in [5.41, 5.74) is 2.46. The topological polar surface area (TPSA) is 57.0 Å². The summed E-state index contributed by atoms with van der Waals surface area (Å²) in [5, 5.41) is 0.345. The highest BCUT2D eigenvalue weighted by Gasteiger charge is 2.33. The molecule has 5 nitrogen and oxygen atoms in total. The molecule has 28 heavy (non-hydrogen) atoms. The Morgan fingerprint density at radius 1 is 1.36 bits per heavy atom. The van der Waals surface area contributed by atoms with Crippen LogP contribution in [0.25, 0.3) is 22.3 Å². The van der Waals surface area contributed by atoms with Gasteiger partial charge in [-0.25, -0.2) is 14.4 Å². The number of pyridine rings is 1. The summed E-state index contributed by atoms with van der Waals surface area (Å²) in [6.07, 6.45) is 4.68. The summed E-state index contributed by atoms with van der Waals surface area (Å²) in [6, 6.07) is 4.61. The van der Waals surface area contributed by atoms with E-state index in [1.807, 2.05) is 0 Å². The zero-order valence-electron chi connectivity index (χ0n) is 16.0. The molecule has 2 aromatic heterocycles. The Bertz CT molecular complexity index is 1120. The van der Waals surface area contributed by atoms with Gasteiger partial charge >= 0.3 is 0 Å². The molecule has 0 unspecified atom stereocenters. The number of fused-ring (bicyclic) bond motifs is 1. The zero-order valence-corrected chi connectivity index (χ0v) is 16.8. The van der Waals surface area contributed by atoms with E-state index in [0.29, 0.717) is 38.9 Å². The van der Waals surface area contributed by atoms with E-state index in [2.05, 4.69) is 16.9 Å². The van der Waals surface area contributed by atoms with Crippen LogP contribution in [-0.2, 0) is 0 Å². The standard InChI is InChI=1S/C21H21ClFN3O2/c1-4-17(12-5-6-12)26-20-19(25-11(2)21(26)27)13(7-8-24-20)14-9-16(23)18(28-3)10-15(14)22/h7-10,12,17H,4-6H2,1-3H3/t17-/m1/s1. The quantitative estimate of drug-likeness (QED) is 0.608. The van der Waals surface area contributed by atoms with Crippen LogP contribution in [0.2, 0.25) is 5.02 Å². The Morgan fingerprint density at radius 3 is 2.75 bits per heavy atom. The van der Waals surface area contributed by atoms with E-state index in [1.165, 1.54) is 19.2 Å². The van der Waals surface area contributed by atoms with Gasteiger partial charge in [0, 0.05) is 29.4 Å². The Morgan fingerprint density at radius 2 is 2.11 bits per heavy atom. The number of aryl methyl sites for hydroxylation is 1. The second-order valence-electron chi connectivity index (χ2n) is 7.18. The van der Waals surface area contributed by atoms with Gasteiger partial charge in [-0.1, -0.05) is 18.5 Å². The minimum atomic E-state index is -0.513. The zero-order chi connectivity index (χ0) is 20.0. The molecule has 1 aliphatic rings. The molecule has 1 saturated carbocycles. The lowest BCUT2D eigenvalue weighted by molar-refractivity contribution is 0.386. The smallest absolute Gasteiger partial charge is 0.273 e. The maximum absolute atomic E-state index is 14.4. The molecular formula is C21H21ClFN3O2. The monoisotopic (exact) mass is 401 g/mol. The highest BCUT2D eigenvalue weighted by molar-refractivity contribution is 6.33. The Labute approximate surface area is 167 Å². The molecule has 0 amide bonds. The average molecular weight is 402 g/mol. The van der Waals surface area contributed by atoms with E-state index < -0.39 is 5.82 Å². The maximum atomic E-state index is 14.4. The number of nitrogens with zero attached hydrogens (tertiary/aromatic N) is 3. The second kappa shape index (κ2) is 7.17. The van der Waals surface area contributed by atoms with E-state index in [0.717, 1.165) is 19.3 Å². The van der Waals surface area contributed by atoms with E-state index >= 15 is 0 Å². The van der Waals surface area contributed by atoms with Gasteiger partial charge in [-0.15, -0.1) is 0 Å². The number of halogens is 2. The van der Waals surface area contributed by atoms with Crippen LogP contribution in [0.1, 0.15) is 37.9 Å². The number of ether oxygens (including phenoxy) is 1. The number of hydrogen-bond donors (Lipinski definition) is 0. The Balaban J connectivity index is 2.01. The first-order chi connectivity index (χ1) is 13.5. The maximum Gasteiger partial charge on any atom is 0.273 e. The third kappa shape index (κ3) is 3.05. The molecule has 0 aliphatic heterocycles. The summed E-state index contributed by atoms with van der Waals surface area (Å²) < 4.78 is 21.1. The van der Waals surface area contributed by atoms with Crippen LogP contribution in [0, 0.1) is 18.7 Å². The Kier molecular flexibility index (Phi) is 4.83. The third-order valence-electron chi connectivity index (χ3n) is 5.39. The SMILES string of the molecule is CC[C@H](C1CC1)n1c(=O)c(C)nc2c(-c3cc(F)c(OC)cc3Cl)ccnc21. The highest BCUT2D eigenvalue weighted by Crippen LogP contribution is 2.42. The second-order valence-corrected chi connectivity index (χ2v) is 7.59. The molecule has 7 heteroatoms. The normalized spacial score (nSPS) is 15.0. The summed E-state index contributed by atoms with van der Waals surface area (Å²) >= 11 is 6.41. The molecule has 4 rings (SSSR count). The molecule has 0 bridgehead atoms. The van der Waals surface area contributed by atoms with E-state index in [4.69, 9.17) is 16.3 Å². The minimum Gasteiger partial charge on any atom is -0.494 e. The Hall–Kier alpha value is -2.47. The van der Waals surface area contributed by atoms with Gasteiger partial charge in [0.25, 0.3) is 5.56 Å². The largest absolute Gasteiger partial charge is 0.494 e. The number of benzene rings is 1. The molecule has 2 heterocycles. The first-order valence-corrected chi connectivity index (χ1v) is 9.75. The van der Waals surface area contributed by atoms with Gasteiger partial charge in [-0.05, 0) is 44.2 Å². The van der Waals surface area contributed by atoms with Crippen LogP contribution in [0.5, 0.6) is 5.75 Å². The van der Waals surface area contributed by atoms with Gasteiger partial charge in [-0.3, -0.25) is 9.36 Å². The fraction of sp³-hybridized carbons (Fsp3) is 0.381. The highest BCUT2D eigenvalue weighted by atomic mass is 35.5. The average Bonchev–Trinajstić information content (AvgIpc) is 3.51. The molecule has 1 aliphatic carbocycles. The number of rotatable bonds is 5. The van der Waals surface area contributed by atoms with E-state index in [1.54, 1.807) is 23.8 Å². The molecule has 0 N–H and O–H groups in total. The first kappa shape index (κ1) is 18.9. The molecular weight excluding hydrogens is 381 g/mol. The van der Waals surface area contributed by atoms with Crippen molar-refractivity contribution in [2.75, 3.05) is 7.11 Å². The lowest BCUT2D eigenvalue weighted by atomic mass is 10.0. The third-order valence-corrected chi connectivity index (χ3v) is 5.70. The lowest BCUT2D eigenvalue weighted by Gasteiger charge is -2.21. The van der Waals surface area contributed by atoms with Crippen LogP contribution in [-0.4, -0.2) is 21.6 Å². The van der Waals surface area contributed by atoms with Crippen molar-refractivity contribution in [2.45, 2.75) is 39.2 Å². The number of hydrogen-bond acceptors (Lipinski definition) is 4. The molecule has 0 radical (unpaired) electrons. The van der Waals surface area contributed by atoms with Crippen molar-refractivity contribution in [1.29, 1.82) is 0 Å². The number of aromatic nitrogens is 3. The van der Waals surface area contributed by atoms with Crippen LogP contribution < -0.4 is 10.3 Å². The molecule has 0 saturated heterocycles. The van der Waals surface area contributed by atoms with Crippen molar-refractivity contribution in [3.63, 3.8) is 0 Å². The number of methoxy groups -OCH3 is 1. The molecule has 146 valence electrons. The van der Waals surface area contributed by atoms with Gasteiger partial charge < -0.3 is 4.74 Å². The summed E-state index contributed by atoms with van der Waals surface area (Å²) in [4.78, 5) is 21.9. The molecule has 1 fully saturated rings. The fourth-order valence-corrected chi connectivity index (χ4v) is 4.10. The van der Waals surface area contributed by atoms with E-state index in [-0.39, 0.29) is 17.4 Å². The van der Waals surface area contributed by atoms with Crippen LogP contribution in [0.15, 0.2) is 29.2 Å². The van der Waals surface area contributed by atoms with Crippen molar-refractivity contribution in [3.8, 4) is 16.9 Å². The van der Waals surface area contributed by atoms with Crippen molar-refractivity contribution < 1.29 is 9.13 Å². The van der Waals surface area contributed by atoms with Gasteiger partial charge in [-0.2, -0.15) is 0 Å². The first-order valence-electron chi connectivity index (χ1n) is 9.37. The molecule has 1 aromatic carbocycles. The van der Waals surface area contributed by atoms with E-state index in [9.17, 15) is 9.18 Å². The van der Waals surface area contributed by atoms with Gasteiger partial charge in [0.05, 0.1) is 12.1 Å². The van der Waals surface area contributed by atoms with Crippen LogP contribution in [0.3, 0.4) is 0 Å². The minimum absolute atomic E-state index is 0.0768. The summed E-state index contributed by atoms with van der Waals surface area (Å²) in [5.74, 6) is 0.0504. The molecule has 0 spiro atoms. The molecule has 3 aromatic rings. The van der Waals surface area contributed by atoms with Crippen LogP contribution in [0.4, 0.5) is 4.39 Å². The van der Waals surface area contributed by atoms with Crippen molar-refractivity contribution in [2.24, 2.45) is 5.92 Å².